The van der Waals surface area contributed by atoms with Crippen molar-refractivity contribution in [2.45, 2.75) is 32.4 Å². The van der Waals surface area contributed by atoms with E-state index in [0.29, 0.717) is 19.5 Å². The van der Waals surface area contributed by atoms with Crippen molar-refractivity contribution in [2.75, 3.05) is 13.1 Å². The minimum absolute atomic E-state index is 0.0161. The van der Waals surface area contributed by atoms with Gasteiger partial charge in [0.15, 0.2) is 0 Å². The second-order valence-corrected chi connectivity index (χ2v) is 5.85. The lowest BCUT2D eigenvalue weighted by atomic mass is 10.4. The SMILES string of the molecule is CCN(CCC(=N)N)S(=O)(=O)C(C)C. The van der Waals surface area contributed by atoms with Crippen LogP contribution >= 0.6 is 0 Å². The van der Waals surface area contributed by atoms with Gasteiger partial charge < -0.3 is 5.73 Å². The van der Waals surface area contributed by atoms with Crippen LogP contribution in [0.25, 0.3) is 0 Å². The highest BCUT2D eigenvalue weighted by molar-refractivity contribution is 7.89. The summed E-state index contributed by atoms with van der Waals surface area (Å²) >= 11 is 0. The van der Waals surface area contributed by atoms with Crippen molar-refractivity contribution in [2.24, 2.45) is 5.73 Å². The number of nitrogens with zero attached hydrogens (tertiary/aromatic N) is 1. The fourth-order valence-electron chi connectivity index (χ4n) is 1.01. The summed E-state index contributed by atoms with van der Waals surface area (Å²) in [4.78, 5) is 0. The third-order valence-electron chi connectivity index (χ3n) is 1.94. The Morgan fingerprint density at radius 3 is 2.29 bits per heavy atom. The summed E-state index contributed by atoms with van der Waals surface area (Å²) < 4.78 is 24.7. The van der Waals surface area contributed by atoms with Crippen molar-refractivity contribution in [3.8, 4) is 0 Å². The van der Waals surface area contributed by atoms with E-state index < -0.39 is 15.3 Å². The van der Waals surface area contributed by atoms with Crippen LogP contribution in [0.15, 0.2) is 0 Å². The maximum atomic E-state index is 11.7. The Bertz CT molecular complexity index is 285. The van der Waals surface area contributed by atoms with Crippen LogP contribution in [-0.4, -0.2) is 36.9 Å². The first kappa shape index (κ1) is 13.4. The molecule has 84 valence electrons. The van der Waals surface area contributed by atoms with Crippen molar-refractivity contribution < 1.29 is 8.42 Å². The summed E-state index contributed by atoms with van der Waals surface area (Å²) in [5.41, 5.74) is 5.18. The van der Waals surface area contributed by atoms with Gasteiger partial charge in [-0.25, -0.2) is 12.7 Å². The highest BCUT2D eigenvalue weighted by Crippen LogP contribution is 2.08. The smallest absolute Gasteiger partial charge is 0.216 e. The fourth-order valence-corrected chi connectivity index (χ4v) is 2.31. The minimum Gasteiger partial charge on any atom is -0.388 e. The molecule has 0 aliphatic rings. The molecule has 0 aromatic heterocycles. The van der Waals surface area contributed by atoms with E-state index in [9.17, 15) is 8.42 Å². The van der Waals surface area contributed by atoms with Crippen molar-refractivity contribution >= 4 is 15.9 Å². The molecule has 14 heavy (non-hydrogen) atoms. The second-order valence-electron chi connectivity index (χ2n) is 3.36. The van der Waals surface area contributed by atoms with Gasteiger partial charge in [-0.05, 0) is 13.8 Å². The number of nitrogens with two attached hydrogens (primary N) is 1. The Morgan fingerprint density at radius 1 is 1.50 bits per heavy atom. The molecule has 0 spiro atoms. The molecule has 0 heterocycles. The van der Waals surface area contributed by atoms with Gasteiger partial charge in [0.2, 0.25) is 10.0 Å². The van der Waals surface area contributed by atoms with Crippen molar-refractivity contribution in [3.63, 3.8) is 0 Å². The highest BCUT2D eigenvalue weighted by Gasteiger charge is 2.23. The van der Waals surface area contributed by atoms with Gasteiger partial charge >= 0.3 is 0 Å². The lowest BCUT2D eigenvalue weighted by Gasteiger charge is -2.22. The van der Waals surface area contributed by atoms with Gasteiger partial charge in [-0.1, -0.05) is 6.92 Å². The molecule has 0 radical (unpaired) electrons. The summed E-state index contributed by atoms with van der Waals surface area (Å²) in [6, 6.07) is 0. The topological polar surface area (TPSA) is 87.2 Å². The average Bonchev–Trinajstić information content (AvgIpc) is 2.04. The minimum atomic E-state index is -3.20. The van der Waals surface area contributed by atoms with Crippen LogP contribution in [0.4, 0.5) is 0 Å². The zero-order valence-corrected chi connectivity index (χ0v) is 9.76. The van der Waals surface area contributed by atoms with E-state index in [1.807, 2.05) is 0 Å². The number of rotatable bonds is 6. The second kappa shape index (κ2) is 5.31. The Hall–Kier alpha value is -0.620. The maximum Gasteiger partial charge on any atom is 0.216 e. The van der Waals surface area contributed by atoms with Crippen molar-refractivity contribution in [1.29, 1.82) is 5.41 Å². The Morgan fingerprint density at radius 2 is 2.00 bits per heavy atom. The predicted molar refractivity (Wildman–Crippen MR) is 57.8 cm³/mol. The molecule has 6 heteroatoms. The van der Waals surface area contributed by atoms with Crippen LogP contribution < -0.4 is 5.73 Å². The number of hydrogen-bond donors (Lipinski definition) is 2. The molecule has 0 aliphatic carbocycles. The van der Waals surface area contributed by atoms with E-state index >= 15 is 0 Å². The molecule has 0 fully saturated rings. The molecular formula is C8H19N3O2S. The van der Waals surface area contributed by atoms with Crippen LogP contribution in [0.3, 0.4) is 0 Å². The molecule has 3 N–H and O–H groups in total. The van der Waals surface area contributed by atoms with Gasteiger partial charge in [0.05, 0.1) is 11.1 Å². The summed E-state index contributed by atoms with van der Waals surface area (Å²) in [5.74, 6) is 0.0161. The zero-order chi connectivity index (χ0) is 11.4. The molecule has 0 aromatic carbocycles. The van der Waals surface area contributed by atoms with E-state index in [0.717, 1.165) is 0 Å². The molecule has 0 aliphatic heterocycles. The molecular weight excluding hydrogens is 202 g/mol. The lowest BCUT2D eigenvalue weighted by molar-refractivity contribution is 0.430. The Labute approximate surface area is 85.8 Å². The van der Waals surface area contributed by atoms with E-state index in [4.69, 9.17) is 11.1 Å². The van der Waals surface area contributed by atoms with Crippen LogP contribution in [-0.2, 0) is 10.0 Å². The monoisotopic (exact) mass is 221 g/mol. The molecule has 0 rings (SSSR count). The van der Waals surface area contributed by atoms with Gasteiger partial charge in [-0.2, -0.15) is 0 Å². The quantitative estimate of drug-likeness (QED) is 0.502. The lowest BCUT2D eigenvalue weighted by Crippen LogP contribution is -2.38. The molecule has 0 saturated carbocycles. The molecule has 0 saturated heterocycles. The van der Waals surface area contributed by atoms with Crippen LogP contribution in [0.2, 0.25) is 0 Å². The van der Waals surface area contributed by atoms with Crippen LogP contribution in [0.5, 0.6) is 0 Å². The molecule has 5 nitrogen and oxygen atoms in total. The van der Waals surface area contributed by atoms with Gasteiger partial charge in [0.1, 0.15) is 0 Å². The number of amidine groups is 1. The first-order valence-corrected chi connectivity index (χ1v) is 6.14. The number of nitrogens with one attached hydrogen (secondary N) is 1. The standard InChI is InChI=1S/C8H19N3O2S/c1-4-11(6-5-8(9)10)14(12,13)7(2)3/h7H,4-6H2,1-3H3,(H3,9,10). The van der Waals surface area contributed by atoms with E-state index in [2.05, 4.69) is 0 Å². The summed E-state index contributed by atoms with van der Waals surface area (Å²) in [5, 5.41) is 6.61. The highest BCUT2D eigenvalue weighted by atomic mass is 32.2. The third-order valence-corrected chi connectivity index (χ3v) is 4.29. The van der Waals surface area contributed by atoms with Gasteiger partial charge in [-0.15, -0.1) is 0 Å². The Kier molecular flexibility index (Phi) is 5.07. The van der Waals surface area contributed by atoms with Crippen molar-refractivity contribution in [1.82, 2.24) is 4.31 Å². The third kappa shape index (κ3) is 3.63. The van der Waals surface area contributed by atoms with E-state index in [-0.39, 0.29) is 5.84 Å². The maximum absolute atomic E-state index is 11.7. The first-order chi connectivity index (χ1) is 6.32. The molecule has 0 atom stereocenters. The normalized spacial score (nSPS) is 12.4. The largest absolute Gasteiger partial charge is 0.388 e. The van der Waals surface area contributed by atoms with E-state index in [1.54, 1.807) is 20.8 Å². The fraction of sp³-hybridized carbons (Fsp3) is 0.875. The predicted octanol–water partition coefficient (Wildman–Crippen LogP) is 0.373. The summed E-state index contributed by atoms with van der Waals surface area (Å²) in [7, 11) is -3.20. The molecule has 0 aromatic rings. The average molecular weight is 221 g/mol. The molecule has 0 amide bonds. The molecule has 0 bridgehead atoms. The van der Waals surface area contributed by atoms with Gasteiger partial charge in [0.25, 0.3) is 0 Å². The van der Waals surface area contributed by atoms with Crippen LogP contribution in [0.1, 0.15) is 27.2 Å². The summed E-state index contributed by atoms with van der Waals surface area (Å²) in [6.07, 6.45) is 0.291. The number of sulfonamides is 1. The molecule has 0 unspecified atom stereocenters. The Balaban J connectivity index is 4.49. The van der Waals surface area contributed by atoms with Crippen LogP contribution in [0, 0.1) is 5.41 Å². The van der Waals surface area contributed by atoms with Gasteiger partial charge in [-0.3, -0.25) is 5.41 Å². The summed E-state index contributed by atoms with van der Waals surface area (Å²) in [6.45, 7) is 5.79. The van der Waals surface area contributed by atoms with E-state index in [1.165, 1.54) is 4.31 Å². The number of hydrogen-bond acceptors (Lipinski definition) is 3. The first-order valence-electron chi connectivity index (χ1n) is 4.64. The van der Waals surface area contributed by atoms with Gasteiger partial charge in [0, 0.05) is 19.5 Å². The zero-order valence-electron chi connectivity index (χ0n) is 8.95. The van der Waals surface area contributed by atoms with Crippen molar-refractivity contribution in [3.05, 3.63) is 0 Å².